The van der Waals surface area contributed by atoms with Crippen LogP contribution in [0.2, 0.25) is 0 Å². The summed E-state index contributed by atoms with van der Waals surface area (Å²) in [5, 5.41) is 15.6. The van der Waals surface area contributed by atoms with Gasteiger partial charge in [0, 0.05) is 20.2 Å². The van der Waals surface area contributed by atoms with Crippen LogP contribution in [0.3, 0.4) is 0 Å². The average molecular weight is 308 g/mol. The van der Waals surface area contributed by atoms with Crippen LogP contribution >= 0.6 is 0 Å². The molecule has 0 saturated heterocycles. The number of rotatable bonds is 5. The maximum Gasteiger partial charge on any atom is 0.416 e. The van der Waals surface area contributed by atoms with Crippen LogP contribution in [0.25, 0.3) is 0 Å². The van der Waals surface area contributed by atoms with Crippen molar-refractivity contribution in [3.8, 4) is 0 Å². The van der Waals surface area contributed by atoms with E-state index in [-0.39, 0.29) is 0 Å². The van der Waals surface area contributed by atoms with E-state index in [1.54, 1.807) is 13.1 Å². The van der Waals surface area contributed by atoms with Gasteiger partial charge in [-0.15, -0.1) is 0 Å². The minimum absolute atomic E-state index is 0.386. The number of urea groups is 1. The molecule has 0 aliphatic carbocycles. The van der Waals surface area contributed by atoms with Crippen LogP contribution in [0.4, 0.5) is 23.8 Å². The van der Waals surface area contributed by atoms with Crippen molar-refractivity contribution in [2.75, 3.05) is 18.9 Å². The van der Waals surface area contributed by atoms with E-state index >= 15 is 0 Å². The molecule has 120 valence electrons. The molecule has 0 saturated carbocycles. The number of hydrogen-bond acceptors (Lipinski definition) is 3. The Kier molecular flexibility index (Phi) is 5.59. The number of nitrogens with one attached hydrogen (secondary N) is 1. The third kappa shape index (κ3) is 4.92. The SMILES string of the molecule is CCCc1cc(NC(=O)N(C)CC(O)C(F)(F)F)n(C)n1. The lowest BCUT2D eigenvalue weighted by Crippen LogP contribution is -2.43. The molecule has 6 nitrogen and oxygen atoms in total. The fourth-order valence-electron chi connectivity index (χ4n) is 1.67. The van der Waals surface area contributed by atoms with Gasteiger partial charge in [-0.25, -0.2) is 4.79 Å². The van der Waals surface area contributed by atoms with E-state index in [2.05, 4.69) is 10.4 Å². The first kappa shape index (κ1) is 17.3. The first-order valence-electron chi connectivity index (χ1n) is 6.45. The van der Waals surface area contributed by atoms with Crippen molar-refractivity contribution in [2.24, 2.45) is 7.05 Å². The van der Waals surface area contributed by atoms with Crippen LogP contribution in [-0.4, -0.2) is 51.7 Å². The summed E-state index contributed by atoms with van der Waals surface area (Å²) in [6.07, 6.45) is -5.69. The molecule has 0 fully saturated rings. The predicted octanol–water partition coefficient (Wildman–Crippen LogP) is 1.76. The van der Waals surface area contributed by atoms with Gasteiger partial charge in [-0.3, -0.25) is 10.00 Å². The maximum absolute atomic E-state index is 12.2. The second-order valence-corrected chi connectivity index (χ2v) is 4.76. The Hall–Kier alpha value is -1.77. The molecule has 0 aliphatic rings. The fourth-order valence-corrected chi connectivity index (χ4v) is 1.67. The summed E-state index contributed by atoms with van der Waals surface area (Å²) >= 11 is 0. The summed E-state index contributed by atoms with van der Waals surface area (Å²) in [5.74, 6) is 0.386. The van der Waals surface area contributed by atoms with Gasteiger partial charge in [0.2, 0.25) is 0 Å². The molecule has 0 aromatic carbocycles. The number of aromatic nitrogens is 2. The smallest absolute Gasteiger partial charge is 0.382 e. The number of aryl methyl sites for hydroxylation is 2. The standard InChI is InChI=1S/C12H19F3N4O2/c1-4-5-8-6-10(19(3)17-8)16-11(21)18(2)7-9(20)12(13,14)15/h6,9,20H,4-5,7H2,1-3H3,(H,16,21). The molecule has 1 atom stereocenters. The number of hydrogen-bond donors (Lipinski definition) is 2. The maximum atomic E-state index is 12.2. The number of carbonyl (C=O) groups is 1. The molecule has 2 N–H and O–H groups in total. The number of likely N-dealkylation sites (N-methyl/N-ethyl adjacent to an activating group) is 1. The van der Waals surface area contributed by atoms with Gasteiger partial charge in [-0.1, -0.05) is 13.3 Å². The van der Waals surface area contributed by atoms with E-state index in [0.29, 0.717) is 5.82 Å². The van der Waals surface area contributed by atoms with Crippen LogP contribution in [0.5, 0.6) is 0 Å². The highest BCUT2D eigenvalue weighted by atomic mass is 19.4. The topological polar surface area (TPSA) is 70.4 Å². The zero-order valence-electron chi connectivity index (χ0n) is 12.1. The van der Waals surface area contributed by atoms with Crippen molar-refractivity contribution in [1.82, 2.24) is 14.7 Å². The summed E-state index contributed by atoms with van der Waals surface area (Å²) in [6.45, 7) is 1.15. The molecular formula is C12H19F3N4O2. The molecule has 21 heavy (non-hydrogen) atoms. The Morgan fingerprint density at radius 1 is 1.57 bits per heavy atom. The largest absolute Gasteiger partial charge is 0.416 e. The van der Waals surface area contributed by atoms with E-state index in [0.717, 1.165) is 23.4 Å². The second kappa shape index (κ2) is 6.79. The minimum atomic E-state index is -4.75. The second-order valence-electron chi connectivity index (χ2n) is 4.76. The molecule has 1 aromatic heterocycles. The number of aliphatic hydroxyl groups excluding tert-OH is 1. The predicted molar refractivity (Wildman–Crippen MR) is 70.9 cm³/mol. The van der Waals surface area contributed by atoms with Gasteiger partial charge >= 0.3 is 12.2 Å². The van der Waals surface area contributed by atoms with Crippen LogP contribution < -0.4 is 5.32 Å². The Morgan fingerprint density at radius 3 is 2.71 bits per heavy atom. The van der Waals surface area contributed by atoms with Gasteiger partial charge in [0.1, 0.15) is 5.82 Å². The van der Waals surface area contributed by atoms with E-state index in [9.17, 15) is 18.0 Å². The lowest BCUT2D eigenvalue weighted by molar-refractivity contribution is -0.205. The van der Waals surface area contributed by atoms with Crippen molar-refractivity contribution in [1.29, 1.82) is 0 Å². The third-order valence-electron chi connectivity index (χ3n) is 2.84. The fraction of sp³-hybridized carbons (Fsp3) is 0.667. The summed E-state index contributed by atoms with van der Waals surface area (Å²) in [6, 6.07) is 0.916. The average Bonchev–Trinajstić information content (AvgIpc) is 2.68. The molecular weight excluding hydrogens is 289 g/mol. The van der Waals surface area contributed by atoms with Gasteiger partial charge in [-0.05, 0) is 6.42 Å². The number of alkyl halides is 3. The van der Waals surface area contributed by atoms with Gasteiger partial charge < -0.3 is 10.0 Å². The Balaban J connectivity index is 2.64. The zero-order valence-corrected chi connectivity index (χ0v) is 12.1. The molecule has 1 unspecified atom stereocenters. The number of halogens is 3. The summed E-state index contributed by atoms with van der Waals surface area (Å²) < 4.78 is 38.1. The quantitative estimate of drug-likeness (QED) is 0.871. The monoisotopic (exact) mass is 308 g/mol. The molecule has 0 aliphatic heterocycles. The molecule has 1 aromatic rings. The van der Waals surface area contributed by atoms with Crippen molar-refractivity contribution in [2.45, 2.75) is 32.0 Å². The zero-order chi connectivity index (χ0) is 16.2. The Bertz CT molecular complexity index is 487. The number of amides is 2. The molecule has 0 spiro atoms. The summed E-state index contributed by atoms with van der Waals surface area (Å²) in [4.78, 5) is 12.6. The third-order valence-corrected chi connectivity index (χ3v) is 2.84. The molecule has 9 heteroatoms. The van der Waals surface area contributed by atoms with Crippen molar-refractivity contribution < 1.29 is 23.1 Å². The minimum Gasteiger partial charge on any atom is -0.382 e. The first-order valence-corrected chi connectivity index (χ1v) is 6.45. The van der Waals surface area contributed by atoms with Crippen LogP contribution in [-0.2, 0) is 13.5 Å². The van der Waals surface area contributed by atoms with Gasteiger partial charge in [0.15, 0.2) is 6.10 Å². The summed E-state index contributed by atoms with van der Waals surface area (Å²) in [5.41, 5.74) is 0.785. The summed E-state index contributed by atoms with van der Waals surface area (Å²) in [7, 11) is 2.80. The van der Waals surface area contributed by atoms with Crippen molar-refractivity contribution in [3.05, 3.63) is 11.8 Å². The van der Waals surface area contributed by atoms with Crippen molar-refractivity contribution >= 4 is 11.8 Å². The number of carbonyl (C=O) groups excluding carboxylic acids is 1. The van der Waals surface area contributed by atoms with Crippen LogP contribution in [0.1, 0.15) is 19.0 Å². The molecule has 0 radical (unpaired) electrons. The lowest BCUT2D eigenvalue weighted by atomic mass is 10.2. The first-order chi connectivity index (χ1) is 9.65. The van der Waals surface area contributed by atoms with Crippen LogP contribution in [0.15, 0.2) is 6.07 Å². The van der Waals surface area contributed by atoms with Gasteiger partial charge in [0.05, 0.1) is 12.2 Å². The highest BCUT2D eigenvalue weighted by molar-refractivity contribution is 5.88. The van der Waals surface area contributed by atoms with Crippen LogP contribution in [0, 0.1) is 0 Å². The Morgan fingerprint density at radius 2 is 2.19 bits per heavy atom. The van der Waals surface area contributed by atoms with E-state index in [1.807, 2.05) is 6.92 Å². The normalized spacial score (nSPS) is 13.1. The number of nitrogens with zero attached hydrogens (tertiary/aromatic N) is 3. The highest BCUT2D eigenvalue weighted by Crippen LogP contribution is 2.20. The van der Waals surface area contributed by atoms with Gasteiger partial charge in [-0.2, -0.15) is 18.3 Å². The highest BCUT2D eigenvalue weighted by Gasteiger charge is 2.39. The Labute approximate surface area is 120 Å². The number of aliphatic hydroxyl groups is 1. The van der Waals surface area contributed by atoms with Crippen molar-refractivity contribution in [3.63, 3.8) is 0 Å². The lowest BCUT2D eigenvalue weighted by Gasteiger charge is -2.22. The van der Waals surface area contributed by atoms with E-state index in [4.69, 9.17) is 5.11 Å². The molecule has 1 rings (SSSR count). The van der Waals surface area contributed by atoms with E-state index < -0.39 is 24.9 Å². The van der Waals surface area contributed by atoms with Gasteiger partial charge in [0.25, 0.3) is 0 Å². The molecule has 0 bridgehead atoms. The molecule has 2 amide bonds. The molecule has 1 heterocycles. The number of anilines is 1. The van der Waals surface area contributed by atoms with E-state index in [1.165, 1.54) is 11.7 Å².